The van der Waals surface area contributed by atoms with Gasteiger partial charge in [-0.25, -0.2) is 32.3 Å². The number of sulfonamides is 1. The van der Waals surface area contributed by atoms with Gasteiger partial charge in [0.25, 0.3) is 21.9 Å². The summed E-state index contributed by atoms with van der Waals surface area (Å²) in [5, 5.41) is 6.72. The van der Waals surface area contributed by atoms with Crippen molar-refractivity contribution in [2.24, 2.45) is 17.0 Å². The molecule has 1 aliphatic heterocycles. The zero-order valence-electron chi connectivity index (χ0n) is 16.1. The Kier molecular flexibility index (Phi) is 5.12. The fraction of sp³-hybridized carbons (Fsp3) is 0.389. The summed E-state index contributed by atoms with van der Waals surface area (Å²) in [4.78, 5) is 21.5. The number of amides is 1. The molecule has 0 bridgehead atoms. The van der Waals surface area contributed by atoms with Gasteiger partial charge in [-0.3, -0.25) is 4.79 Å². The van der Waals surface area contributed by atoms with Crippen molar-refractivity contribution in [2.75, 3.05) is 23.3 Å². The van der Waals surface area contributed by atoms with E-state index in [0.29, 0.717) is 12.3 Å². The Morgan fingerprint density at radius 1 is 1.22 bits per heavy atom. The highest BCUT2D eigenvalue weighted by Crippen LogP contribution is 2.52. The summed E-state index contributed by atoms with van der Waals surface area (Å²) in [5.74, 6) is -5.37. The first-order chi connectivity index (χ1) is 14.8. The van der Waals surface area contributed by atoms with E-state index in [1.807, 2.05) is 0 Å². The largest absolute Gasteiger partial charge is 0.417 e. The zero-order valence-corrected chi connectivity index (χ0v) is 16.9. The van der Waals surface area contributed by atoms with Crippen molar-refractivity contribution in [1.29, 1.82) is 0 Å². The normalized spacial score (nSPS) is 22.2. The number of nitrogens with zero attached hydrogens (tertiary/aromatic N) is 3. The molecule has 14 heteroatoms. The number of hydrogen-bond acceptors (Lipinski definition) is 6. The first kappa shape index (κ1) is 22.3. The van der Waals surface area contributed by atoms with Gasteiger partial charge in [0.2, 0.25) is 0 Å². The molecule has 8 nitrogen and oxygen atoms in total. The van der Waals surface area contributed by atoms with Crippen molar-refractivity contribution in [3.63, 3.8) is 0 Å². The number of alkyl halides is 5. The van der Waals surface area contributed by atoms with Crippen LogP contribution < -0.4 is 15.4 Å². The van der Waals surface area contributed by atoms with Gasteiger partial charge in [0.05, 0.1) is 11.1 Å². The van der Waals surface area contributed by atoms with Gasteiger partial charge < -0.3 is 10.2 Å². The van der Waals surface area contributed by atoms with Crippen LogP contribution in [-0.4, -0.2) is 43.3 Å². The van der Waals surface area contributed by atoms with Crippen LogP contribution in [0.2, 0.25) is 0 Å². The lowest BCUT2D eigenvalue weighted by molar-refractivity contribution is -0.152. The van der Waals surface area contributed by atoms with E-state index in [2.05, 4.69) is 15.3 Å². The predicted octanol–water partition coefficient (Wildman–Crippen LogP) is 2.49. The Balaban J connectivity index is 1.68. The Morgan fingerprint density at radius 2 is 1.94 bits per heavy atom. The third kappa shape index (κ3) is 4.11. The SMILES string of the molecule is NS(=O)(=O)c1cc(NC(=O)c2cc(C(F)(F)F)cnc2N2C[C@@H]3CC(F)(F)[C@@H]3C2)ccn1. The van der Waals surface area contributed by atoms with Crippen LogP contribution in [0.15, 0.2) is 35.6 Å². The third-order valence-electron chi connectivity index (χ3n) is 5.54. The molecule has 2 fully saturated rings. The van der Waals surface area contributed by atoms with Crippen molar-refractivity contribution in [1.82, 2.24) is 9.97 Å². The second kappa shape index (κ2) is 7.33. The maximum Gasteiger partial charge on any atom is 0.417 e. The quantitative estimate of drug-likeness (QED) is 0.654. The van der Waals surface area contributed by atoms with Crippen molar-refractivity contribution in [3.05, 3.63) is 41.7 Å². The molecule has 2 aromatic heterocycles. The maximum absolute atomic E-state index is 13.7. The molecule has 172 valence electrons. The summed E-state index contributed by atoms with van der Waals surface area (Å²) < 4.78 is 90.0. The molecule has 0 aromatic carbocycles. The van der Waals surface area contributed by atoms with E-state index in [1.54, 1.807) is 0 Å². The van der Waals surface area contributed by atoms with Crippen LogP contribution in [0, 0.1) is 11.8 Å². The molecule has 2 aromatic rings. The number of rotatable bonds is 4. The summed E-state index contributed by atoms with van der Waals surface area (Å²) in [7, 11) is -4.19. The van der Waals surface area contributed by atoms with Crippen LogP contribution in [0.5, 0.6) is 0 Å². The summed E-state index contributed by atoms with van der Waals surface area (Å²) in [6, 6.07) is 2.73. The van der Waals surface area contributed by atoms with Gasteiger partial charge in [-0.1, -0.05) is 0 Å². The molecule has 0 unspecified atom stereocenters. The number of halogens is 5. The smallest absolute Gasteiger partial charge is 0.355 e. The molecule has 2 aliphatic rings. The van der Waals surface area contributed by atoms with E-state index in [9.17, 15) is 35.2 Å². The van der Waals surface area contributed by atoms with E-state index in [4.69, 9.17) is 5.14 Å². The van der Waals surface area contributed by atoms with E-state index in [-0.39, 0.29) is 36.9 Å². The maximum atomic E-state index is 13.7. The molecule has 2 atom stereocenters. The Bertz CT molecular complexity index is 1190. The number of aromatic nitrogens is 2. The third-order valence-corrected chi connectivity index (χ3v) is 6.35. The fourth-order valence-corrected chi connectivity index (χ4v) is 4.44. The lowest BCUT2D eigenvalue weighted by Crippen LogP contribution is -2.46. The number of carbonyl (C=O) groups excluding carboxylic acids is 1. The van der Waals surface area contributed by atoms with Gasteiger partial charge in [0.1, 0.15) is 5.82 Å². The molecular weight excluding hydrogens is 461 g/mol. The molecule has 0 radical (unpaired) electrons. The second-order valence-corrected chi connectivity index (χ2v) is 9.22. The minimum absolute atomic E-state index is 0.0922. The Morgan fingerprint density at radius 3 is 2.53 bits per heavy atom. The number of pyridine rings is 2. The number of primary sulfonamides is 1. The molecule has 32 heavy (non-hydrogen) atoms. The molecular formula is C18H16F5N5O3S. The number of carbonyl (C=O) groups is 1. The van der Waals surface area contributed by atoms with Crippen LogP contribution in [-0.2, 0) is 16.2 Å². The predicted molar refractivity (Wildman–Crippen MR) is 102 cm³/mol. The van der Waals surface area contributed by atoms with Crippen molar-refractivity contribution in [3.8, 4) is 0 Å². The highest BCUT2D eigenvalue weighted by atomic mass is 32.2. The number of hydrogen-bond donors (Lipinski definition) is 2. The van der Waals surface area contributed by atoms with Crippen LogP contribution in [0.4, 0.5) is 33.5 Å². The molecule has 1 amide bonds. The molecule has 3 heterocycles. The van der Waals surface area contributed by atoms with Crippen LogP contribution >= 0.6 is 0 Å². The number of fused-ring (bicyclic) bond motifs is 1. The first-order valence-electron chi connectivity index (χ1n) is 9.26. The van der Waals surface area contributed by atoms with Crippen molar-refractivity contribution < 1.29 is 35.2 Å². The Hall–Kier alpha value is -2.87. The average Bonchev–Trinajstić information content (AvgIpc) is 3.05. The second-order valence-electron chi connectivity index (χ2n) is 7.71. The van der Waals surface area contributed by atoms with Crippen LogP contribution in [0.1, 0.15) is 22.3 Å². The van der Waals surface area contributed by atoms with Gasteiger partial charge in [-0.2, -0.15) is 13.2 Å². The standard InChI is InChI=1S/C18H16F5N5O3S/c19-17(20)5-9-7-28(8-13(9)17)15-12(3-10(6-26-15)18(21,22)23)16(29)27-11-1-2-25-14(4-11)32(24,30)31/h1-4,6,9,13H,5,7-8H2,(H2,24,30,31)(H,25,27,29)/t9-,13+/m0/s1. The topological polar surface area (TPSA) is 118 Å². The van der Waals surface area contributed by atoms with E-state index in [1.165, 1.54) is 11.0 Å². The highest BCUT2D eigenvalue weighted by molar-refractivity contribution is 7.89. The molecule has 1 saturated carbocycles. The van der Waals surface area contributed by atoms with E-state index in [0.717, 1.165) is 12.3 Å². The van der Waals surface area contributed by atoms with E-state index < -0.39 is 50.1 Å². The van der Waals surface area contributed by atoms with Crippen molar-refractivity contribution in [2.45, 2.75) is 23.5 Å². The van der Waals surface area contributed by atoms with Gasteiger partial charge in [0.15, 0.2) is 5.03 Å². The Labute approximate surface area is 178 Å². The molecule has 3 N–H and O–H groups in total. The minimum atomic E-state index is -4.80. The average molecular weight is 477 g/mol. The summed E-state index contributed by atoms with van der Waals surface area (Å²) in [6.07, 6.45) is -3.55. The number of anilines is 2. The highest BCUT2D eigenvalue weighted by Gasteiger charge is 2.60. The minimum Gasteiger partial charge on any atom is -0.355 e. The van der Waals surface area contributed by atoms with Gasteiger partial charge in [0, 0.05) is 49.6 Å². The van der Waals surface area contributed by atoms with Crippen molar-refractivity contribution >= 4 is 27.4 Å². The number of nitrogens with two attached hydrogens (primary N) is 1. The lowest BCUT2D eigenvalue weighted by atomic mass is 9.72. The monoisotopic (exact) mass is 477 g/mol. The molecule has 1 saturated heterocycles. The molecule has 0 spiro atoms. The summed E-state index contributed by atoms with van der Waals surface area (Å²) in [5.41, 5.74) is -1.78. The lowest BCUT2D eigenvalue weighted by Gasteiger charge is -2.38. The zero-order chi connectivity index (χ0) is 23.5. The molecule has 4 rings (SSSR count). The van der Waals surface area contributed by atoms with Crippen LogP contribution in [0.3, 0.4) is 0 Å². The fourth-order valence-electron chi connectivity index (χ4n) is 3.94. The molecule has 1 aliphatic carbocycles. The number of nitrogens with one attached hydrogen (secondary N) is 1. The van der Waals surface area contributed by atoms with E-state index >= 15 is 0 Å². The van der Waals surface area contributed by atoms with Gasteiger partial charge in [-0.15, -0.1) is 0 Å². The van der Waals surface area contributed by atoms with Crippen LogP contribution in [0.25, 0.3) is 0 Å². The summed E-state index contributed by atoms with van der Waals surface area (Å²) in [6.45, 7) is -0.0230. The van der Waals surface area contributed by atoms with Gasteiger partial charge in [-0.05, 0) is 18.1 Å². The summed E-state index contributed by atoms with van der Waals surface area (Å²) >= 11 is 0. The van der Waals surface area contributed by atoms with Gasteiger partial charge >= 0.3 is 6.18 Å². The first-order valence-corrected chi connectivity index (χ1v) is 10.8.